The molecule has 0 saturated heterocycles. The van der Waals surface area contributed by atoms with Crippen LogP contribution in [0, 0.1) is 0 Å². The van der Waals surface area contributed by atoms with Crippen LogP contribution >= 0.6 is 0 Å². The Morgan fingerprint density at radius 3 is 2.77 bits per heavy atom. The fraction of sp³-hybridized carbons (Fsp3) is 0.250. The fourth-order valence-corrected chi connectivity index (χ4v) is 3.42. The molecule has 0 unspecified atom stereocenters. The number of aryl methyl sites for hydroxylation is 2. The molecule has 6 heteroatoms. The molecular formula is C24H24N4O2. The Bertz CT molecular complexity index is 1110. The predicted molar refractivity (Wildman–Crippen MR) is 115 cm³/mol. The van der Waals surface area contributed by atoms with E-state index >= 15 is 0 Å². The highest BCUT2D eigenvalue weighted by molar-refractivity contribution is 5.97. The summed E-state index contributed by atoms with van der Waals surface area (Å²) in [6.45, 7) is 1.95. The smallest absolute Gasteiger partial charge is 0.251 e. The number of carbonyl (C=O) groups excluding carboxylic acids is 1. The maximum absolute atomic E-state index is 12.6. The van der Waals surface area contributed by atoms with Gasteiger partial charge in [0, 0.05) is 43.0 Å². The van der Waals surface area contributed by atoms with Gasteiger partial charge in [0.05, 0.1) is 5.69 Å². The summed E-state index contributed by atoms with van der Waals surface area (Å²) in [6, 6.07) is 15.7. The number of fused-ring (bicyclic) bond motifs is 1. The molecule has 0 aliphatic rings. The molecule has 2 aromatic heterocycles. The third kappa shape index (κ3) is 5.08. The summed E-state index contributed by atoms with van der Waals surface area (Å²) in [5.41, 5.74) is 4.13. The summed E-state index contributed by atoms with van der Waals surface area (Å²) < 4.78 is 5.84. The number of rotatable bonds is 8. The van der Waals surface area contributed by atoms with Crippen molar-refractivity contribution in [3.63, 3.8) is 0 Å². The molecule has 6 nitrogen and oxygen atoms in total. The molecule has 30 heavy (non-hydrogen) atoms. The number of oxazole rings is 1. The SMILES string of the molecule is C[C@H](Cc1cnccn1)NC(=O)c1ccc2oc(CCCc3ccccc3)nc2c1. The van der Waals surface area contributed by atoms with Gasteiger partial charge in [-0.15, -0.1) is 0 Å². The lowest BCUT2D eigenvalue weighted by Crippen LogP contribution is -2.34. The molecular weight excluding hydrogens is 376 g/mol. The van der Waals surface area contributed by atoms with Gasteiger partial charge in [-0.25, -0.2) is 4.98 Å². The van der Waals surface area contributed by atoms with E-state index in [0.29, 0.717) is 29.0 Å². The third-order valence-electron chi connectivity index (χ3n) is 4.90. The molecule has 4 rings (SSSR count). The lowest BCUT2D eigenvalue weighted by atomic mass is 10.1. The first kappa shape index (κ1) is 19.8. The fourth-order valence-electron chi connectivity index (χ4n) is 3.42. The van der Waals surface area contributed by atoms with E-state index in [-0.39, 0.29) is 11.9 Å². The van der Waals surface area contributed by atoms with Gasteiger partial charge in [0.2, 0.25) is 0 Å². The summed E-state index contributed by atoms with van der Waals surface area (Å²) in [5, 5.41) is 3.00. The van der Waals surface area contributed by atoms with E-state index in [2.05, 4.69) is 44.5 Å². The molecule has 4 aromatic rings. The molecule has 0 fully saturated rings. The minimum Gasteiger partial charge on any atom is -0.441 e. The number of carbonyl (C=O) groups is 1. The summed E-state index contributed by atoms with van der Waals surface area (Å²) in [6.07, 6.45) is 8.33. The average Bonchev–Trinajstić information content (AvgIpc) is 3.17. The van der Waals surface area contributed by atoms with Crippen LogP contribution in [0.25, 0.3) is 11.1 Å². The molecule has 152 valence electrons. The van der Waals surface area contributed by atoms with Gasteiger partial charge in [0.15, 0.2) is 11.5 Å². The highest BCUT2D eigenvalue weighted by Gasteiger charge is 2.14. The molecule has 0 bridgehead atoms. The van der Waals surface area contributed by atoms with E-state index in [1.165, 1.54) is 5.56 Å². The number of nitrogens with one attached hydrogen (secondary N) is 1. The van der Waals surface area contributed by atoms with Crippen LogP contribution < -0.4 is 5.32 Å². The van der Waals surface area contributed by atoms with Gasteiger partial charge in [-0.3, -0.25) is 14.8 Å². The molecule has 0 radical (unpaired) electrons. The standard InChI is InChI=1S/C24H24N4O2/c1-17(14-20-16-25-12-13-26-20)27-24(29)19-10-11-22-21(15-19)28-23(30-22)9-5-8-18-6-3-2-4-7-18/h2-4,6-7,10-13,15-17H,5,8-9,14H2,1H3,(H,27,29)/t17-/m1/s1. The lowest BCUT2D eigenvalue weighted by Gasteiger charge is -2.13. The van der Waals surface area contributed by atoms with Crippen LogP contribution in [0.2, 0.25) is 0 Å². The van der Waals surface area contributed by atoms with Crippen molar-refractivity contribution in [2.24, 2.45) is 0 Å². The molecule has 0 spiro atoms. The molecule has 1 atom stereocenters. The van der Waals surface area contributed by atoms with Crippen molar-refractivity contribution in [1.82, 2.24) is 20.3 Å². The first-order valence-electron chi connectivity index (χ1n) is 10.2. The number of hydrogen-bond donors (Lipinski definition) is 1. The highest BCUT2D eigenvalue weighted by atomic mass is 16.3. The third-order valence-corrected chi connectivity index (χ3v) is 4.90. The molecule has 1 N–H and O–H groups in total. The zero-order valence-corrected chi connectivity index (χ0v) is 16.9. The number of nitrogens with zero attached hydrogens (tertiary/aromatic N) is 3. The van der Waals surface area contributed by atoms with Crippen LogP contribution in [-0.4, -0.2) is 26.9 Å². The second-order valence-electron chi connectivity index (χ2n) is 7.40. The Labute approximate surface area is 175 Å². The van der Waals surface area contributed by atoms with Gasteiger partial charge in [0.25, 0.3) is 5.91 Å². The van der Waals surface area contributed by atoms with Crippen LogP contribution in [0.3, 0.4) is 0 Å². The monoisotopic (exact) mass is 400 g/mol. The number of benzene rings is 2. The Kier molecular flexibility index (Phi) is 6.13. The van der Waals surface area contributed by atoms with Crippen molar-refractivity contribution < 1.29 is 9.21 Å². The zero-order valence-electron chi connectivity index (χ0n) is 16.9. The maximum Gasteiger partial charge on any atom is 0.251 e. The first-order chi connectivity index (χ1) is 14.7. The van der Waals surface area contributed by atoms with Gasteiger partial charge in [0.1, 0.15) is 5.52 Å². The van der Waals surface area contributed by atoms with E-state index in [4.69, 9.17) is 4.42 Å². The Hall–Kier alpha value is -3.54. The summed E-state index contributed by atoms with van der Waals surface area (Å²) in [4.78, 5) is 25.5. The predicted octanol–water partition coefficient (Wildman–Crippen LogP) is 4.15. The molecule has 0 aliphatic heterocycles. The van der Waals surface area contributed by atoms with Crippen molar-refractivity contribution in [2.75, 3.05) is 0 Å². The molecule has 1 amide bonds. The van der Waals surface area contributed by atoms with Gasteiger partial charge in [-0.1, -0.05) is 30.3 Å². The molecule has 0 aliphatic carbocycles. The van der Waals surface area contributed by atoms with Gasteiger partial charge >= 0.3 is 0 Å². The second-order valence-corrected chi connectivity index (χ2v) is 7.40. The van der Waals surface area contributed by atoms with Gasteiger partial charge < -0.3 is 9.73 Å². The van der Waals surface area contributed by atoms with E-state index < -0.39 is 0 Å². The molecule has 2 aromatic carbocycles. The average molecular weight is 400 g/mol. The van der Waals surface area contributed by atoms with Crippen molar-refractivity contribution in [3.05, 3.63) is 89.8 Å². The minimum atomic E-state index is -0.137. The lowest BCUT2D eigenvalue weighted by molar-refractivity contribution is 0.0940. The van der Waals surface area contributed by atoms with E-state index in [1.807, 2.05) is 19.1 Å². The zero-order chi connectivity index (χ0) is 20.8. The number of aromatic nitrogens is 3. The number of amides is 1. The maximum atomic E-state index is 12.6. The van der Waals surface area contributed by atoms with E-state index in [1.54, 1.807) is 30.7 Å². The molecule has 2 heterocycles. The summed E-state index contributed by atoms with van der Waals surface area (Å²) >= 11 is 0. The largest absolute Gasteiger partial charge is 0.441 e. The first-order valence-corrected chi connectivity index (χ1v) is 10.2. The van der Waals surface area contributed by atoms with Crippen LogP contribution in [0.5, 0.6) is 0 Å². The quantitative estimate of drug-likeness (QED) is 0.480. The number of hydrogen-bond acceptors (Lipinski definition) is 5. The normalized spacial score (nSPS) is 12.0. The van der Waals surface area contributed by atoms with Gasteiger partial charge in [-0.05, 0) is 43.5 Å². The van der Waals surface area contributed by atoms with Crippen LogP contribution in [0.4, 0.5) is 0 Å². The van der Waals surface area contributed by atoms with Crippen LogP contribution in [-0.2, 0) is 19.3 Å². The summed E-state index contributed by atoms with van der Waals surface area (Å²) in [5.74, 6) is 0.566. The molecule has 0 saturated carbocycles. The van der Waals surface area contributed by atoms with Crippen molar-refractivity contribution in [1.29, 1.82) is 0 Å². The topological polar surface area (TPSA) is 80.9 Å². The Morgan fingerprint density at radius 2 is 1.97 bits per heavy atom. The van der Waals surface area contributed by atoms with Crippen molar-refractivity contribution in [3.8, 4) is 0 Å². The van der Waals surface area contributed by atoms with Crippen LogP contribution in [0.15, 0.2) is 71.5 Å². The Balaban J connectivity index is 1.36. The van der Waals surface area contributed by atoms with Gasteiger partial charge in [-0.2, -0.15) is 0 Å². The summed E-state index contributed by atoms with van der Waals surface area (Å²) in [7, 11) is 0. The van der Waals surface area contributed by atoms with E-state index in [9.17, 15) is 4.79 Å². The van der Waals surface area contributed by atoms with E-state index in [0.717, 1.165) is 25.0 Å². The minimum absolute atomic E-state index is 0.0595. The highest BCUT2D eigenvalue weighted by Crippen LogP contribution is 2.19. The van der Waals surface area contributed by atoms with Crippen molar-refractivity contribution in [2.45, 2.75) is 38.6 Å². The van der Waals surface area contributed by atoms with Crippen molar-refractivity contribution >= 4 is 17.0 Å². The van der Waals surface area contributed by atoms with Crippen LogP contribution in [0.1, 0.15) is 40.9 Å². The Morgan fingerprint density at radius 1 is 1.10 bits per heavy atom. The second kappa shape index (κ2) is 9.31.